The van der Waals surface area contributed by atoms with Crippen LogP contribution in [0.1, 0.15) is 31.8 Å². The Morgan fingerprint density at radius 3 is 2.67 bits per heavy atom. The lowest BCUT2D eigenvalue weighted by atomic mass is 10.1. The molecule has 33 heavy (non-hydrogen) atoms. The number of carbonyl (C=O) groups is 2. The highest BCUT2D eigenvalue weighted by atomic mass is 35.5. The fourth-order valence-corrected chi connectivity index (χ4v) is 4.01. The Labute approximate surface area is 200 Å². The van der Waals surface area contributed by atoms with Crippen molar-refractivity contribution in [3.05, 3.63) is 105 Å². The number of aromatic nitrogens is 1. The zero-order valence-electron chi connectivity index (χ0n) is 17.6. The Morgan fingerprint density at radius 2 is 1.88 bits per heavy atom. The number of esters is 1. The first-order valence-corrected chi connectivity index (χ1v) is 10.8. The van der Waals surface area contributed by atoms with Gasteiger partial charge in [-0.2, -0.15) is 5.10 Å². The second kappa shape index (κ2) is 9.90. The van der Waals surface area contributed by atoms with Gasteiger partial charge in [0.15, 0.2) is 0 Å². The molecule has 0 aliphatic carbocycles. The lowest BCUT2D eigenvalue weighted by molar-refractivity contribution is 0.0600. The molecule has 1 aromatic heterocycles. The summed E-state index contributed by atoms with van der Waals surface area (Å²) in [4.78, 5) is 24.2. The van der Waals surface area contributed by atoms with Gasteiger partial charge in [-0.3, -0.25) is 4.79 Å². The summed E-state index contributed by atoms with van der Waals surface area (Å²) in [5, 5.41) is 5.79. The van der Waals surface area contributed by atoms with E-state index in [2.05, 4.69) is 15.1 Å². The second-order valence-corrected chi connectivity index (χ2v) is 8.09. The molecule has 8 heteroatoms. The van der Waals surface area contributed by atoms with E-state index in [4.69, 9.17) is 27.9 Å². The van der Waals surface area contributed by atoms with Crippen LogP contribution in [0.25, 0.3) is 10.9 Å². The predicted molar refractivity (Wildman–Crippen MR) is 130 cm³/mol. The molecule has 0 radical (unpaired) electrons. The quantitative estimate of drug-likeness (QED) is 0.224. The molecule has 0 aliphatic rings. The van der Waals surface area contributed by atoms with E-state index in [1.165, 1.54) is 13.2 Å². The molecule has 0 atom stereocenters. The van der Waals surface area contributed by atoms with Crippen LogP contribution in [0.3, 0.4) is 0 Å². The van der Waals surface area contributed by atoms with Crippen LogP contribution < -0.4 is 5.43 Å². The third-order valence-electron chi connectivity index (χ3n) is 5.07. The molecule has 6 nitrogen and oxygen atoms in total. The highest BCUT2D eigenvalue weighted by Crippen LogP contribution is 2.22. The van der Waals surface area contributed by atoms with Gasteiger partial charge in [0, 0.05) is 34.2 Å². The van der Waals surface area contributed by atoms with Gasteiger partial charge < -0.3 is 9.30 Å². The normalized spacial score (nSPS) is 11.1. The SMILES string of the molecule is COC(=O)c1cccc(Cn2cc(/C=N\NC(=O)c3ccc(Cl)cc3Cl)c3ccccc32)c1. The monoisotopic (exact) mass is 479 g/mol. The molecule has 0 fully saturated rings. The smallest absolute Gasteiger partial charge is 0.337 e. The molecule has 166 valence electrons. The van der Waals surface area contributed by atoms with E-state index in [1.807, 2.05) is 48.7 Å². The first-order valence-electron chi connectivity index (χ1n) is 10.00. The number of methoxy groups -OCH3 is 1. The lowest BCUT2D eigenvalue weighted by Gasteiger charge is -2.07. The Hall–Kier alpha value is -3.61. The van der Waals surface area contributed by atoms with Crippen LogP contribution in [-0.2, 0) is 11.3 Å². The van der Waals surface area contributed by atoms with E-state index in [-0.39, 0.29) is 16.6 Å². The topological polar surface area (TPSA) is 72.7 Å². The average Bonchev–Trinajstić information content (AvgIpc) is 3.16. The maximum absolute atomic E-state index is 12.4. The minimum atomic E-state index is -0.434. The van der Waals surface area contributed by atoms with Gasteiger partial charge >= 0.3 is 5.97 Å². The second-order valence-electron chi connectivity index (χ2n) is 7.24. The molecular formula is C25H19Cl2N3O3. The summed E-state index contributed by atoms with van der Waals surface area (Å²) in [5.74, 6) is -0.810. The number of fused-ring (bicyclic) bond motifs is 1. The number of benzene rings is 3. The number of nitrogens with one attached hydrogen (secondary N) is 1. The number of hydrogen-bond acceptors (Lipinski definition) is 4. The van der Waals surface area contributed by atoms with E-state index in [1.54, 1.807) is 24.4 Å². The van der Waals surface area contributed by atoms with E-state index in [0.29, 0.717) is 17.1 Å². The summed E-state index contributed by atoms with van der Waals surface area (Å²) in [6, 6.07) is 19.8. The van der Waals surface area contributed by atoms with Crippen LogP contribution in [0.2, 0.25) is 10.0 Å². The number of hydrogen-bond donors (Lipinski definition) is 1. The van der Waals surface area contributed by atoms with Crippen molar-refractivity contribution in [1.82, 2.24) is 9.99 Å². The van der Waals surface area contributed by atoms with Gasteiger partial charge in [0.25, 0.3) is 5.91 Å². The number of amides is 1. The number of para-hydroxylation sites is 1. The number of hydrazone groups is 1. The van der Waals surface area contributed by atoms with Gasteiger partial charge in [-0.1, -0.05) is 53.5 Å². The molecular weight excluding hydrogens is 461 g/mol. The van der Waals surface area contributed by atoms with Crippen LogP contribution in [0.15, 0.2) is 78.0 Å². The van der Waals surface area contributed by atoms with Gasteiger partial charge in [-0.15, -0.1) is 0 Å². The van der Waals surface area contributed by atoms with Crippen LogP contribution in [0.5, 0.6) is 0 Å². The fourth-order valence-electron chi connectivity index (χ4n) is 3.51. The van der Waals surface area contributed by atoms with Gasteiger partial charge in [-0.25, -0.2) is 10.2 Å². The van der Waals surface area contributed by atoms with Crippen molar-refractivity contribution in [2.45, 2.75) is 6.54 Å². The zero-order chi connectivity index (χ0) is 23.4. The Bertz CT molecular complexity index is 1380. The summed E-state index contributed by atoms with van der Waals surface area (Å²) in [7, 11) is 1.36. The molecule has 0 bridgehead atoms. The minimum absolute atomic E-state index is 0.251. The largest absolute Gasteiger partial charge is 0.465 e. The van der Waals surface area contributed by atoms with Gasteiger partial charge in [0.1, 0.15) is 0 Å². The third-order valence-corrected chi connectivity index (χ3v) is 5.61. The average molecular weight is 480 g/mol. The number of halogens is 2. The summed E-state index contributed by atoms with van der Waals surface area (Å²) in [6.45, 7) is 0.548. The fraction of sp³-hybridized carbons (Fsp3) is 0.0800. The predicted octanol–water partition coefficient (Wildman–Crippen LogP) is 5.55. The third kappa shape index (κ3) is 5.08. The standard InChI is InChI=1S/C25H19Cl2N3O3/c1-33-25(32)17-6-4-5-16(11-17)14-30-15-18(20-7-2-3-8-23(20)30)13-28-29-24(31)21-10-9-19(26)12-22(21)27/h2-13,15H,14H2,1H3,(H,29,31)/b28-13-. The Kier molecular flexibility index (Phi) is 6.77. The Balaban J connectivity index is 1.57. The summed E-state index contributed by atoms with van der Waals surface area (Å²) in [5.41, 5.74) is 6.06. The van der Waals surface area contributed by atoms with Crippen molar-refractivity contribution < 1.29 is 14.3 Å². The first-order chi connectivity index (χ1) is 16.0. The number of nitrogens with zero attached hydrogens (tertiary/aromatic N) is 2. The van der Waals surface area contributed by atoms with Crippen LogP contribution in [0, 0.1) is 0 Å². The number of ether oxygens (including phenoxy) is 1. The zero-order valence-corrected chi connectivity index (χ0v) is 19.1. The highest BCUT2D eigenvalue weighted by Gasteiger charge is 2.11. The molecule has 0 saturated carbocycles. The Morgan fingerprint density at radius 1 is 1.06 bits per heavy atom. The molecule has 0 saturated heterocycles. The molecule has 0 aliphatic heterocycles. The molecule has 1 heterocycles. The lowest BCUT2D eigenvalue weighted by Crippen LogP contribution is -2.18. The maximum Gasteiger partial charge on any atom is 0.337 e. The molecule has 4 aromatic rings. The van der Waals surface area contributed by atoms with Crippen LogP contribution in [-0.4, -0.2) is 29.8 Å². The van der Waals surface area contributed by atoms with Crippen molar-refractivity contribution in [3.63, 3.8) is 0 Å². The highest BCUT2D eigenvalue weighted by molar-refractivity contribution is 6.36. The van der Waals surface area contributed by atoms with Crippen molar-refractivity contribution in [3.8, 4) is 0 Å². The summed E-state index contributed by atoms with van der Waals surface area (Å²) < 4.78 is 6.87. The van der Waals surface area contributed by atoms with Gasteiger partial charge in [0.05, 0.1) is 29.5 Å². The number of rotatable bonds is 6. The molecule has 1 amide bonds. The van der Waals surface area contributed by atoms with Crippen molar-refractivity contribution in [2.75, 3.05) is 7.11 Å². The van der Waals surface area contributed by atoms with E-state index < -0.39 is 5.91 Å². The molecule has 0 unspecified atom stereocenters. The van der Waals surface area contributed by atoms with Crippen LogP contribution in [0.4, 0.5) is 0 Å². The van der Waals surface area contributed by atoms with Crippen molar-refractivity contribution in [2.24, 2.45) is 5.10 Å². The van der Waals surface area contributed by atoms with Gasteiger partial charge in [0.2, 0.25) is 0 Å². The summed E-state index contributed by atoms with van der Waals surface area (Å²) in [6.07, 6.45) is 3.53. The molecule has 3 aromatic carbocycles. The van der Waals surface area contributed by atoms with Crippen molar-refractivity contribution >= 4 is 52.2 Å². The summed E-state index contributed by atoms with van der Waals surface area (Å²) >= 11 is 12.0. The van der Waals surface area contributed by atoms with E-state index >= 15 is 0 Å². The molecule has 4 rings (SSSR count). The van der Waals surface area contributed by atoms with E-state index in [9.17, 15) is 9.59 Å². The molecule has 1 N–H and O–H groups in total. The van der Waals surface area contributed by atoms with E-state index in [0.717, 1.165) is 22.0 Å². The minimum Gasteiger partial charge on any atom is -0.465 e. The van der Waals surface area contributed by atoms with Crippen LogP contribution >= 0.6 is 23.2 Å². The number of carbonyl (C=O) groups excluding carboxylic acids is 2. The van der Waals surface area contributed by atoms with Gasteiger partial charge in [-0.05, 0) is 42.0 Å². The molecule has 0 spiro atoms. The van der Waals surface area contributed by atoms with Crippen molar-refractivity contribution in [1.29, 1.82) is 0 Å². The first kappa shape index (κ1) is 22.6. The maximum atomic E-state index is 12.4.